The average Bonchev–Trinajstić information content (AvgIpc) is 2.58. The Morgan fingerprint density at radius 3 is 2.52 bits per heavy atom. The van der Waals surface area contributed by atoms with E-state index in [4.69, 9.17) is 9.47 Å². The molecule has 0 unspecified atom stereocenters. The van der Waals surface area contributed by atoms with Crippen molar-refractivity contribution in [3.8, 4) is 5.75 Å². The van der Waals surface area contributed by atoms with E-state index in [1.54, 1.807) is 7.11 Å². The molecule has 6 heteroatoms. The van der Waals surface area contributed by atoms with E-state index in [2.05, 4.69) is 15.5 Å². The fourth-order valence-corrected chi connectivity index (χ4v) is 1.82. The van der Waals surface area contributed by atoms with Crippen LogP contribution in [-0.4, -0.2) is 26.2 Å². The second-order valence-corrected chi connectivity index (χ2v) is 4.72. The molecule has 0 bridgehead atoms. The fourth-order valence-electron chi connectivity index (χ4n) is 1.82. The molecule has 2 aromatic rings. The van der Waals surface area contributed by atoms with E-state index in [9.17, 15) is 4.79 Å². The zero-order valence-corrected chi connectivity index (χ0v) is 13.2. The van der Waals surface area contributed by atoms with Gasteiger partial charge in [0.15, 0.2) is 0 Å². The molecule has 2 rings (SSSR count). The number of ether oxygens (including phenoxy) is 2. The minimum Gasteiger partial charge on any atom is -0.497 e. The fraction of sp³-hybridized carbons (Fsp3) is 0.235. The SMILES string of the molecule is COc1cccc(N=Nc2ccc(NCCOC(C)=O)cc2)c1. The number of azo groups is 1. The van der Waals surface area contributed by atoms with Gasteiger partial charge in [-0.2, -0.15) is 10.2 Å². The van der Waals surface area contributed by atoms with Crippen LogP contribution < -0.4 is 10.1 Å². The Morgan fingerprint density at radius 2 is 1.83 bits per heavy atom. The van der Waals surface area contributed by atoms with Gasteiger partial charge in [0.25, 0.3) is 0 Å². The second kappa shape index (κ2) is 8.53. The van der Waals surface area contributed by atoms with Crippen LogP contribution in [0.3, 0.4) is 0 Å². The zero-order valence-electron chi connectivity index (χ0n) is 13.2. The van der Waals surface area contributed by atoms with Crippen molar-refractivity contribution in [1.29, 1.82) is 0 Å². The highest BCUT2D eigenvalue weighted by molar-refractivity contribution is 5.65. The highest BCUT2D eigenvalue weighted by Crippen LogP contribution is 2.23. The molecule has 1 N–H and O–H groups in total. The third-order valence-electron chi connectivity index (χ3n) is 2.94. The number of hydrogen-bond donors (Lipinski definition) is 1. The molecule has 0 aromatic heterocycles. The van der Waals surface area contributed by atoms with E-state index in [-0.39, 0.29) is 5.97 Å². The molecule has 0 saturated carbocycles. The first-order valence-electron chi connectivity index (χ1n) is 7.20. The van der Waals surface area contributed by atoms with Crippen LogP contribution in [0.4, 0.5) is 17.1 Å². The molecule has 6 nitrogen and oxygen atoms in total. The zero-order chi connectivity index (χ0) is 16.5. The first-order valence-corrected chi connectivity index (χ1v) is 7.20. The summed E-state index contributed by atoms with van der Waals surface area (Å²) in [6.07, 6.45) is 0. The number of carbonyl (C=O) groups excluding carboxylic acids is 1. The van der Waals surface area contributed by atoms with Gasteiger partial charge in [-0.05, 0) is 36.4 Å². The molecule has 0 heterocycles. The summed E-state index contributed by atoms with van der Waals surface area (Å²) in [7, 11) is 1.61. The normalized spacial score (nSPS) is 10.5. The predicted molar refractivity (Wildman–Crippen MR) is 88.7 cm³/mol. The van der Waals surface area contributed by atoms with E-state index in [1.807, 2.05) is 48.5 Å². The van der Waals surface area contributed by atoms with Crippen molar-refractivity contribution in [1.82, 2.24) is 0 Å². The highest BCUT2D eigenvalue weighted by atomic mass is 16.5. The number of nitrogens with one attached hydrogen (secondary N) is 1. The Hall–Kier alpha value is -2.89. The monoisotopic (exact) mass is 313 g/mol. The van der Waals surface area contributed by atoms with Gasteiger partial charge in [0.2, 0.25) is 0 Å². The van der Waals surface area contributed by atoms with Crippen LogP contribution in [-0.2, 0) is 9.53 Å². The molecule has 0 spiro atoms. The number of nitrogens with zero attached hydrogens (tertiary/aromatic N) is 2. The van der Waals surface area contributed by atoms with Crippen molar-refractivity contribution in [3.05, 3.63) is 48.5 Å². The molecule has 2 aromatic carbocycles. The standard InChI is InChI=1S/C17H19N3O3/c1-13(21)23-11-10-18-14-6-8-15(9-7-14)19-20-16-4-3-5-17(12-16)22-2/h3-9,12,18H,10-11H2,1-2H3. The molecule has 0 atom stereocenters. The van der Waals surface area contributed by atoms with E-state index in [0.29, 0.717) is 13.2 Å². The summed E-state index contributed by atoms with van der Waals surface area (Å²) in [5, 5.41) is 11.5. The minimum atomic E-state index is -0.278. The van der Waals surface area contributed by atoms with Crippen molar-refractivity contribution >= 4 is 23.0 Å². The molecule has 0 aliphatic rings. The Kier molecular flexibility index (Phi) is 6.11. The number of methoxy groups -OCH3 is 1. The predicted octanol–water partition coefficient (Wildman–Crippen LogP) is 4.09. The lowest BCUT2D eigenvalue weighted by atomic mass is 10.3. The van der Waals surface area contributed by atoms with Crippen LogP contribution in [0, 0.1) is 0 Å². The summed E-state index contributed by atoms with van der Waals surface area (Å²) < 4.78 is 9.99. The molecule has 0 aliphatic carbocycles. The third kappa shape index (κ3) is 5.78. The number of carbonyl (C=O) groups is 1. The lowest BCUT2D eigenvalue weighted by Gasteiger charge is -2.06. The van der Waals surface area contributed by atoms with Gasteiger partial charge in [0, 0.05) is 25.2 Å². The maximum absolute atomic E-state index is 10.6. The minimum absolute atomic E-state index is 0.278. The molecular weight excluding hydrogens is 294 g/mol. The summed E-state index contributed by atoms with van der Waals surface area (Å²) >= 11 is 0. The average molecular weight is 313 g/mol. The first-order chi connectivity index (χ1) is 11.2. The van der Waals surface area contributed by atoms with Crippen LogP contribution in [0.2, 0.25) is 0 Å². The summed E-state index contributed by atoms with van der Waals surface area (Å²) in [4.78, 5) is 10.6. The smallest absolute Gasteiger partial charge is 0.302 e. The summed E-state index contributed by atoms with van der Waals surface area (Å²) in [5.74, 6) is 0.467. The number of anilines is 1. The number of rotatable bonds is 7. The van der Waals surface area contributed by atoms with Crippen molar-refractivity contribution in [3.63, 3.8) is 0 Å². The van der Waals surface area contributed by atoms with Crippen LogP contribution in [0.5, 0.6) is 5.75 Å². The van der Waals surface area contributed by atoms with Crippen molar-refractivity contribution < 1.29 is 14.3 Å². The first kappa shape index (κ1) is 16.5. The molecule has 0 amide bonds. The molecule has 0 radical (unpaired) electrons. The number of benzene rings is 2. The van der Waals surface area contributed by atoms with Gasteiger partial charge in [-0.3, -0.25) is 4.79 Å². The Morgan fingerprint density at radius 1 is 1.09 bits per heavy atom. The van der Waals surface area contributed by atoms with E-state index >= 15 is 0 Å². The molecule has 0 saturated heterocycles. The molecule has 0 aliphatic heterocycles. The number of hydrogen-bond acceptors (Lipinski definition) is 6. The Balaban J connectivity index is 1.89. The van der Waals surface area contributed by atoms with E-state index in [0.717, 1.165) is 22.8 Å². The molecule has 120 valence electrons. The maximum Gasteiger partial charge on any atom is 0.302 e. The van der Waals surface area contributed by atoms with Crippen LogP contribution >= 0.6 is 0 Å². The van der Waals surface area contributed by atoms with E-state index in [1.165, 1.54) is 6.92 Å². The van der Waals surface area contributed by atoms with Crippen LogP contribution in [0.1, 0.15) is 6.92 Å². The van der Waals surface area contributed by atoms with Gasteiger partial charge < -0.3 is 14.8 Å². The summed E-state index contributed by atoms with van der Waals surface area (Å²) in [6, 6.07) is 14.9. The quantitative estimate of drug-likeness (QED) is 0.475. The molecular formula is C17H19N3O3. The van der Waals surface area contributed by atoms with Gasteiger partial charge in [-0.15, -0.1) is 0 Å². The maximum atomic E-state index is 10.6. The van der Waals surface area contributed by atoms with Crippen molar-refractivity contribution in [2.45, 2.75) is 6.92 Å². The van der Waals surface area contributed by atoms with Gasteiger partial charge in [-0.25, -0.2) is 0 Å². The van der Waals surface area contributed by atoms with Crippen LogP contribution in [0.25, 0.3) is 0 Å². The van der Waals surface area contributed by atoms with Gasteiger partial charge in [0.1, 0.15) is 12.4 Å². The van der Waals surface area contributed by atoms with Gasteiger partial charge >= 0.3 is 5.97 Å². The second-order valence-electron chi connectivity index (χ2n) is 4.72. The van der Waals surface area contributed by atoms with Gasteiger partial charge in [-0.1, -0.05) is 6.07 Å². The third-order valence-corrected chi connectivity index (χ3v) is 2.94. The summed E-state index contributed by atoms with van der Waals surface area (Å²) in [6.45, 7) is 2.29. The molecule has 0 fully saturated rings. The largest absolute Gasteiger partial charge is 0.497 e. The Bertz CT molecular complexity index is 669. The van der Waals surface area contributed by atoms with Crippen molar-refractivity contribution in [2.75, 3.05) is 25.6 Å². The van der Waals surface area contributed by atoms with E-state index < -0.39 is 0 Å². The topological polar surface area (TPSA) is 72.3 Å². The highest BCUT2D eigenvalue weighted by Gasteiger charge is 1.96. The van der Waals surface area contributed by atoms with Gasteiger partial charge in [0.05, 0.1) is 18.5 Å². The lowest BCUT2D eigenvalue weighted by Crippen LogP contribution is -2.11. The lowest BCUT2D eigenvalue weighted by molar-refractivity contribution is -0.140. The Labute approximate surface area is 135 Å². The summed E-state index contributed by atoms with van der Waals surface area (Å²) in [5.41, 5.74) is 2.41. The van der Waals surface area contributed by atoms with Crippen LogP contribution in [0.15, 0.2) is 58.8 Å². The number of esters is 1. The molecule has 23 heavy (non-hydrogen) atoms. The van der Waals surface area contributed by atoms with Crippen molar-refractivity contribution in [2.24, 2.45) is 10.2 Å².